The predicted molar refractivity (Wildman–Crippen MR) is 131 cm³/mol. The molecule has 2 N–H and O–H groups in total. The van der Waals surface area contributed by atoms with Crippen molar-refractivity contribution in [1.29, 1.82) is 0 Å². The zero-order valence-corrected chi connectivity index (χ0v) is 19.6. The van der Waals surface area contributed by atoms with Gasteiger partial charge < -0.3 is 5.32 Å². The molecule has 0 bridgehead atoms. The monoisotopic (exact) mass is 495 g/mol. The molecule has 1 heterocycles. The van der Waals surface area contributed by atoms with Crippen molar-refractivity contribution in [3.8, 4) is 0 Å². The second-order valence-electron chi connectivity index (χ2n) is 8.50. The molecule has 0 aromatic heterocycles. The van der Waals surface area contributed by atoms with Crippen molar-refractivity contribution >= 4 is 33.0 Å². The Balaban J connectivity index is 1.45. The Morgan fingerprint density at radius 2 is 1.88 bits per heavy atom. The molecule has 9 heteroatoms. The van der Waals surface area contributed by atoms with Gasteiger partial charge in [0.1, 0.15) is 5.02 Å². The van der Waals surface area contributed by atoms with Crippen LogP contribution in [0, 0.1) is 16.0 Å². The lowest BCUT2D eigenvalue weighted by Gasteiger charge is -2.37. The quantitative estimate of drug-likeness (QED) is 0.265. The average molecular weight is 496 g/mol. The number of hydrogen-bond donors (Lipinski definition) is 2. The van der Waals surface area contributed by atoms with Crippen LogP contribution in [-0.2, 0) is 16.6 Å². The number of nitrogens with one attached hydrogen (secondary N) is 2. The Morgan fingerprint density at radius 1 is 1.09 bits per heavy atom. The first-order valence-corrected chi connectivity index (χ1v) is 12.7. The van der Waals surface area contributed by atoms with E-state index in [1.807, 2.05) is 30.3 Å². The van der Waals surface area contributed by atoms with Gasteiger partial charge in [-0.15, -0.1) is 0 Å². The Kier molecular flexibility index (Phi) is 5.89. The van der Waals surface area contributed by atoms with Gasteiger partial charge in [0.25, 0.3) is 5.69 Å². The van der Waals surface area contributed by atoms with Crippen LogP contribution in [0.2, 0.25) is 5.02 Å². The molecule has 0 saturated carbocycles. The summed E-state index contributed by atoms with van der Waals surface area (Å²) in [6.07, 6.45) is 4.95. The average Bonchev–Trinajstić information content (AvgIpc) is 3.33. The molecule has 3 atom stereocenters. The fraction of sp³-hybridized carbons (Fsp3) is 0.200. The summed E-state index contributed by atoms with van der Waals surface area (Å²) in [5.74, 6) is 0.101. The number of fused-ring (bicyclic) bond motifs is 3. The minimum atomic E-state index is -3.70. The summed E-state index contributed by atoms with van der Waals surface area (Å²) >= 11 is 6.01. The van der Waals surface area contributed by atoms with Crippen molar-refractivity contribution < 1.29 is 13.3 Å². The van der Waals surface area contributed by atoms with Crippen LogP contribution in [0.3, 0.4) is 0 Å². The summed E-state index contributed by atoms with van der Waals surface area (Å²) in [7, 11) is -3.70. The molecule has 7 nitrogen and oxygen atoms in total. The standard InChI is InChI=1S/C25H22ClN3O4S/c26-22-11-9-17(13-24(22)29(30)31)25-20-8-4-7-19(20)21-14-18(10-12-23(21)28-25)34(32,33)27-15-16-5-2-1-3-6-16/h1-7,9-14,19-20,25,27-28H,8,15H2. The van der Waals surface area contributed by atoms with Gasteiger partial charge in [0, 0.05) is 24.2 Å². The lowest BCUT2D eigenvalue weighted by atomic mass is 9.77. The van der Waals surface area contributed by atoms with E-state index in [0.29, 0.717) is 0 Å². The Bertz CT molecular complexity index is 1390. The minimum absolute atomic E-state index is 0.000238. The van der Waals surface area contributed by atoms with Crippen LogP contribution in [0.4, 0.5) is 11.4 Å². The fourth-order valence-corrected chi connectivity index (χ4v) is 6.03. The number of benzene rings is 3. The van der Waals surface area contributed by atoms with Gasteiger partial charge in [-0.2, -0.15) is 0 Å². The topological polar surface area (TPSA) is 101 Å². The zero-order chi connectivity index (χ0) is 23.9. The van der Waals surface area contributed by atoms with Crippen molar-refractivity contribution in [3.05, 3.63) is 111 Å². The smallest absolute Gasteiger partial charge is 0.288 e. The van der Waals surface area contributed by atoms with E-state index in [4.69, 9.17) is 11.6 Å². The van der Waals surface area contributed by atoms with Crippen LogP contribution in [-0.4, -0.2) is 13.3 Å². The maximum atomic E-state index is 13.0. The first-order chi connectivity index (χ1) is 16.3. The predicted octanol–water partition coefficient (Wildman–Crippen LogP) is 5.55. The summed E-state index contributed by atoms with van der Waals surface area (Å²) < 4.78 is 28.6. The third-order valence-electron chi connectivity index (χ3n) is 6.48. The van der Waals surface area contributed by atoms with Crippen molar-refractivity contribution in [2.45, 2.75) is 29.8 Å². The molecule has 3 aromatic rings. The largest absolute Gasteiger partial charge is 0.378 e. The van der Waals surface area contributed by atoms with Gasteiger partial charge in [-0.3, -0.25) is 10.1 Å². The molecule has 2 aliphatic rings. The fourth-order valence-electron chi connectivity index (χ4n) is 4.79. The van der Waals surface area contributed by atoms with Gasteiger partial charge in [0.05, 0.1) is 15.9 Å². The van der Waals surface area contributed by atoms with Crippen LogP contribution in [0.1, 0.15) is 35.1 Å². The molecule has 0 spiro atoms. The van der Waals surface area contributed by atoms with Gasteiger partial charge >= 0.3 is 0 Å². The Hall–Kier alpha value is -3.20. The maximum absolute atomic E-state index is 13.0. The summed E-state index contributed by atoms with van der Waals surface area (Å²) in [6.45, 7) is 0.210. The van der Waals surface area contributed by atoms with Gasteiger partial charge in [0.15, 0.2) is 0 Å². The van der Waals surface area contributed by atoms with Crippen molar-refractivity contribution in [2.24, 2.45) is 5.92 Å². The zero-order valence-electron chi connectivity index (χ0n) is 18.0. The summed E-state index contributed by atoms with van der Waals surface area (Å²) in [4.78, 5) is 11.1. The Labute approximate surface area is 202 Å². The van der Waals surface area contributed by atoms with Crippen LogP contribution in [0.25, 0.3) is 0 Å². The molecule has 0 fully saturated rings. The van der Waals surface area contributed by atoms with Crippen molar-refractivity contribution in [2.75, 3.05) is 5.32 Å². The van der Waals surface area contributed by atoms with Crippen LogP contribution in [0.5, 0.6) is 0 Å². The van der Waals surface area contributed by atoms with E-state index < -0.39 is 14.9 Å². The number of hydrogen-bond acceptors (Lipinski definition) is 5. The number of halogens is 1. The molecule has 3 unspecified atom stereocenters. The molecule has 0 radical (unpaired) electrons. The van der Waals surface area contributed by atoms with E-state index in [1.54, 1.807) is 30.3 Å². The maximum Gasteiger partial charge on any atom is 0.288 e. The highest BCUT2D eigenvalue weighted by atomic mass is 35.5. The normalized spacial score (nSPS) is 20.9. The number of sulfonamides is 1. The molecule has 5 rings (SSSR count). The highest BCUT2D eigenvalue weighted by Gasteiger charge is 2.39. The molecule has 1 aliphatic heterocycles. The SMILES string of the molecule is O=[N+]([O-])c1cc(C2Nc3ccc(S(=O)(=O)NCc4ccccc4)cc3C3C=CCC32)ccc1Cl. The number of rotatable bonds is 6. The molecule has 1 aliphatic carbocycles. The number of anilines is 1. The van der Waals surface area contributed by atoms with Crippen molar-refractivity contribution in [3.63, 3.8) is 0 Å². The van der Waals surface area contributed by atoms with Crippen LogP contribution >= 0.6 is 11.6 Å². The molecular formula is C25H22ClN3O4S. The van der Waals surface area contributed by atoms with E-state index >= 15 is 0 Å². The molecule has 3 aromatic carbocycles. The van der Waals surface area contributed by atoms with Crippen LogP contribution < -0.4 is 10.0 Å². The summed E-state index contributed by atoms with van der Waals surface area (Å²) in [6, 6.07) is 19.2. The molecule has 0 saturated heterocycles. The summed E-state index contributed by atoms with van der Waals surface area (Å²) in [5, 5.41) is 15.0. The van der Waals surface area contributed by atoms with Gasteiger partial charge in [-0.05, 0) is 53.3 Å². The molecule has 174 valence electrons. The molecule has 0 amide bonds. The Morgan fingerprint density at radius 3 is 2.65 bits per heavy atom. The highest BCUT2D eigenvalue weighted by molar-refractivity contribution is 7.89. The van der Waals surface area contributed by atoms with E-state index in [-0.39, 0.29) is 40.0 Å². The lowest BCUT2D eigenvalue weighted by Crippen LogP contribution is -2.30. The third kappa shape index (κ3) is 4.20. The van der Waals surface area contributed by atoms with E-state index in [9.17, 15) is 18.5 Å². The van der Waals surface area contributed by atoms with Crippen LogP contribution in [0.15, 0.2) is 83.8 Å². The van der Waals surface area contributed by atoms with E-state index in [1.165, 1.54) is 6.07 Å². The van der Waals surface area contributed by atoms with Gasteiger partial charge in [-0.1, -0.05) is 60.2 Å². The minimum Gasteiger partial charge on any atom is -0.378 e. The second kappa shape index (κ2) is 8.87. The number of allylic oxidation sites excluding steroid dienone is 2. The first-order valence-electron chi connectivity index (χ1n) is 10.9. The number of nitro groups is 1. The summed E-state index contributed by atoms with van der Waals surface area (Å²) in [5.41, 5.74) is 3.25. The number of nitrogens with zero attached hydrogens (tertiary/aromatic N) is 1. The van der Waals surface area contributed by atoms with Gasteiger partial charge in [0.2, 0.25) is 10.0 Å². The number of nitro benzene ring substituents is 1. The van der Waals surface area contributed by atoms with E-state index in [2.05, 4.69) is 22.2 Å². The molecular weight excluding hydrogens is 474 g/mol. The lowest BCUT2D eigenvalue weighted by molar-refractivity contribution is -0.384. The molecule has 34 heavy (non-hydrogen) atoms. The van der Waals surface area contributed by atoms with Gasteiger partial charge in [-0.25, -0.2) is 13.1 Å². The second-order valence-corrected chi connectivity index (χ2v) is 10.7. The van der Waals surface area contributed by atoms with E-state index in [0.717, 1.165) is 28.8 Å². The third-order valence-corrected chi connectivity index (χ3v) is 8.20. The van der Waals surface area contributed by atoms with Crippen molar-refractivity contribution in [1.82, 2.24) is 4.72 Å². The first kappa shape index (κ1) is 22.6. The highest BCUT2D eigenvalue weighted by Crippen LogP contribution is 2.50.